The van der Waals surface area contributed by atoms with Crippen molar-refractivity contribution >= 4 is 5.65 Å². The van der Waals surface area contributed by atoms with Gasteiger partial charge in [0.25, 0.3) is 0 Å². The number of hydrogen-bond donors (Lipinski definition) is 1. The Kier molecular flexibility index (Phi) is 3.93. The van der Waals surface area contributed by atoms with E-state index in [1.807, 2.05) is 50.4 Å². The Bertz CT molecular complexity index is 1080. The molecule has 3 heterocycles. The molecule has 0 amide bonds. The summed E-state index contributed by atoms with van der Waals surface area (Å²) in [7, 11) is 1.64. The SMILES string of the molecule is COc1cc(-n2cccn2)ccc1-c1c(C)nn2c(CO)cc(C)nc12. The van der Waals surface area contributed by atoms with E-state index in [2.05, 4.69) is 15.2 Å². The van der Waals surface area contributed by atoms with Gasteiger partial charge in [-0.2, -0.15) is 10.2 Å². The molecule has 0 atom stereocenters. The van der Waals surface area contributed by atoms with Crippen LogP contribution in [0.2, 0.25) is 0 Å². The van der Waals surface area contributed by atoms with Gasteiger partial charge in [-0.1, -0.05) is 0 Å². The first kappa shape index (κ1) is 16.3. The molecule has 1 N–H and O–H groups in total. The zero-order valence-corrected chi connectivity index (χ0v) is 14.8. The van der Waals surface area contributed by atoms with E-state index >= 15 is 0 Å². The quantitative estimate of drug-likeness (QED) is 0.613. The zero-order valence-electron chi connectivity index (χ0n) is 14.8. The van der Waals surface area contributed by atoms with Crippen molar-refractivity contribution in [1.82, 2.24) is 24.4 Å². The predicted molar refractivity (Wildman–Crippen MR) is 97.5 cm³/mol. The van der Waals surface area contributed by atoms with Crippen molar-refractivity contribution in [3.63, 3.8) is 0 Å². The number of aryl methyl sites for hydroxylation is 2. The van der Waals surface area contributed by atoms with E-state index in [0.29, 0.717) is 17.1 Å². The number of nitrogens with zero attached hydrogens (tertiary/aromatic N) is 5. The van der Waals surface area contributed by atoms with Gasteiger partial charge in [0.1, 0.15) is 5.75 Å². The summed E-state index contributed by atoms with van der Waals surface area (Å²) in [4.78, 5) is 4.65. The maximum absolute atomic E-state index is 9.65. The van der Waals surface area contributed by atoms with Gasteiger partial charge < -0.3 is 9.84 Å². The second-order valence-electron chi connectivity index (χ2n) is 6.08. The molecular weight excluding hydrogens is 330 g/mol. The van der Waals surface area contributed by atoms with Crippen molar-refractivity contribution in [3.05, 3.63) is 59.8 Å². The normalized spacial score (nSPS) is 11.2. The largest absolute Gasteiger partial charge is 0.496 e. The third kappa shape index (κ3) is 2.53. The number of aromatic nitrogens is 5. The molecule has 0 aliphatic heterocycles. The van der Waals surface area contributed by atoms with Gasteiger partial charge in [0.05, 0.1) is 36.4 Å². The van der Waals surface area contributed by atoms with E-state index in [1.54, 1.807) is 22.5 Å². The summed E-state index contributed by atoms with van der Waals surface area (Å²) in [6.07, 6.45) is 3.62. The number of aliphatic hydroxyl groups excluding tert-OH is 1. The number of methoxy groups -OCH3 is 1. The number of aliphatic hydroxyl groups is 1. The van der Waals surface area contributed by atoms with Gasteiger partial charge in [-0.3, -0.25) is 0 Å². The molecule has 132 valence electrons. The fourth-order valence-electron chi connectivity index (χ4n) is 3.20. The summed E-state index contributed by atoms with van der Waals surface area (Å²) in [5, 5.41) is 18.5. The number of benzene rings is 1. The molecule has 0 radical (unpaired) electrons. The number of fused-ring (bicyclic) bond motifs is 1. The number of hydrogen-bond acceptors (Lipinski definition) is 5. The average molecular weight is 349 g/mol. The van der Waals surface area contributed by atoms with Crippen LogP contribution in [0.3, 0.4) is 0 Å². The molecule has 4 rings (SSSR count). The van der Waals surface area contributed by atoms with Gasteiger partial charge in [0, 0.05) is 29.7 Å². The van der Waals surface area contributed by atoms with E-state index in [0.717, 1.165) is 28.2 Å². The smallest absolute Gasteiger partial charge is 0.163 e. The van der Waals surface area contributed by atoms with Gasteiger partial charge in [0.2, 0.25) is 0 Å². The van der Waals surface area contributed by atoms with Crippen LogP contribution in [0.25, 0.3) is 22.5 Å². The molecule has 0 unspecified atom stereocenters. The van der Waals surface area contributed by atoms with Crippen LogP contribution in [-0.2, 0) is 6.61 Å². The summed E-state index contributed by atoms with van der Waals surface area (Å²) in [5.41, 5.74) is 5.76. The lowest BCUT2D eigenvalue weighted by Gasteiger charge is -2.11. The summed E-state index contributed by atoms with van der Waals surface area (Å²) >= 11 is 0. The van der Waals surface area contributed by atoms with Crippen molar-refractivity contribution < 1.29 is 9.84 Å². The van der Waals surface area contributed by atoms with Crippen LogP contribution in [0.4, 0.5) is 0 Å². The van der Waals surface area contributed by atoms with E-state index in [9.17, 15) is 5.11 Å². The summed E-state index contributed by atoms with van der Waals surface area (Å²) in [6, 6.07) is 9.62. The Morgan fingerprint density at radius 2 is 2.04 bits per heavy atom. The molecule has 0 saturated carbocycles. The first-order valence-electron chi connectivity index (χ1n) is 8.27. The van der Waals surface area contributed by atoms with Crippen LogP contribution in [0.5, 0.6) is 5.75 Å². The standard InChI is InChI=1S/C19H19N5O2/c1-12-9-15(11-25)24-19(21-12)18(13(2)22-24)16-6-5-14(10-17(16)26-3)23-8-4-7-20-23/h4-10,25H,11H2,1-3H3. The Balaban J connectivity index is 1.95. The van der Waals surface area contributed by atoms with Crippen molar-refractivity contribution in [3.8, 4) is 22.6 Å². The molecule has 1 aromatic carbocycles. The van der Waals surface area contributed by atoms with Crippen LogP contribution in [-0.4, -0.2) is 36.6 Å². The highest BCUT2D eigenvalue weighted by Gasteiger charge is 2.19. The fraction of sp³-hybridized carbons (Fsp3) is 0.211. The summed E-state index contributed by atoms with van der Waals surface area (Å²) in [6.45, 7) is 3.74. The highest BCUT2D eigenvalue weighted by molar-refractivity contribution is 5.84. The van der Waals surface area contributed by atoms with Gasteiger partial charge in [-0.05, 0) is 38.1 Å². The molecule has 26 heavy (non-hydrogen) atoms. The lowest BCUT2D eigenvalue weighted by molar-refractivity contribution is 0.273. The average Bonchev–Trinajstić information content (AvgIpc) is 3.28. The minimum absolute atomic E-state index is 0.101. The molecule has 0 aliphatic carbocycles. The highest BCUT2D eigenvalue weighted by Crippen LogP contribution is 2.36. The van der Waals surface area contributed by atoms with Crippen molar-refractivity contribution in [2.75, 3.05) is 7.11 Å². The van der Waals surface area contributed by atoms with Gasteiger partial charge in [0.15, 0.2) is 5.65 Å². The molecule has 0 aliphatic rings. The Labute approximate surface area is 150 Å². The minimum Gasteiger partial charge on any atom is -0.496 e. The van der Waals surface area contributed by atoms with E-state index in [-0.39, 0.29) is 6.61 Å². The fourth-order valence-corrected chi connectivity index (χ4v) is 3.20. The minimum atomic E-state index is -0.101. The van der Waals surface area contributed by atoms with Crippen LogP contribution in [0, 0.1) is 13.8 Å². The molecule has 7 heteroatoms. The topological polar surface area (TPSA) is 77.5 Å². The van der Waals surface area contributed by atoms with Crippen molar-refractivity contribution in [2.45, 2.75) is 20.5 Å². The molecule has 4 aromatic rings. The summed E-state index contributed by atoms with van der Waals surface area (Å²) < 4.78 is 9.12. The third-order valence-corrected chi connectivity index (χ3v) is 4.35. The second-order valence-corrected chi connectivity index (χ2v) is 6.08. The van der Waals surface area contributed by atoms with Crippen molar-refractivity contribution in [2.24, 2.45) is 0 Å². The lowest BCUT2D eigenvalue weighted by Crippen LogP contribution is -2.02. The van der Waals surface area contributed by atoms with Gasteiger partial charge in [-0.25, -0.2) is 14.2 Å². The van der Waals surface area contributed by atoms with E-state index < -0.39 is 0 Å². The van der Waals surface area contributed by atoms with Crippen LogP contribution in [0.15, 0.2) is 42.7 Å². The Hall–Kier alpha value is -3.19. The Morgan fingerprint density at radius 1 is 1.19 bits per heavy atom. The second kappa shape index (κ2) is 6.27. The third-order valence-electron chi connectivity index (χ3n) is 4.35. The van der Waals surface area contributed by atoms with Gasteiger partial charge >= 0.3 is 0 Å². The maximum Gasteiger partial charge on any atom is 0.163 e. The molecule has 7 nitrogen and oxygen atoms in total. The van der Waals surface area contributed by atoms with E-state index in [4.69, 9.17) is 4.74 Å². The van der Waals surface area contributed by atoms with Crippen LogP contribution < -0.4 is 4.74 Å². The number of rotatable bonds is 4. The Morgan fingerprint density at radius 3 is 2.73 bits per heavy atom. The molecular formula is C19H19N5O2. The van der Waals surface area contributed by atoms with Gasteiger partial charge in [-0.15, -0.1) is 0 Å². The first-order chi connectivity index (χ1) is 12.6. The molecule has 0 fully saturated rings. The molecule has 0 bridgehead atoms. The van der Waals surface area contributed by atoms with E-state index in [1.165, 1.54) is 0 Å². The maximum atomic E-state index is 9.65. The molecule has 3 aromatic heterocycles. The summed E-state index contributed by atoms with van der Waals surface area (Å²) in [5.74, 6) is 0.713. The predicted octanol–water partition coefficient (Wildman–Crippen LogP) is 2.70. The number of ether oxygens (including phenoxy) is 1. The lowest BCUT2D eigenvalue weighted by atomic mass is 10.0. The zero-order chi connectivity index (χ0) is 18.3. The van der Waals surface area contributed by atoms with Crippen molar-refractivity contribution in [1.29, 1.82) is 0 Å². The highest BCUT2D eigenvalue weighted by atomic mass is 16.5. The monoisotopic (exact) mass is 349 g/mol. The first-order valence-corrected chi connectivity index (χ1v) is 8.27. The van der Waals surface area contributed by atoms with Crippen LogP contribution in [0.1, 0.15) is 17.1 Å². The molecule has 0 spiro atoms. The van der Waals surface area contributed by atoms with Crippen LogP contribution >= 0.6 is 0 Å². The molecule has 0 saturated heterocycles.